The Labute approximate surface area is 152 Å². The second-order valence-corrected chi connectivity index (χ2v) is 6.03. The van der Waals surface area contributed by atoms with Gasteiger partial charge in [0.1, 0.15) is 12.6 Å². The lowest BCUT2D eigenvalue weighted by molar-refractivity contribution is -0.149. The molecule has 8 nitrogen and oxygen atoms in total. The number of carbonyl (C=O) groups is 3. The van der Waals surface area contributed by atoms with Crippen molar-refractivity contribution in [3.63, 3.8) is 0 Å². The van der Waals surface area contributed by atoms with Crippen molar-refractivity contribution in [3.8, 4) is 0 Å². The van der Waals surface area contributed by atoms with Gasteiger partial charge in [0, 0.05) is 17.5 Å². The number of hydrogen-bond acceptors (Lipinski definition) is 4. The molecule has 0 aliphatic carbocycles. The van der Waals surface area contributed by atoms with Crippen LogP contribution in [-0.2, 0) is 14.3 Å². The first kappa shape index (κ1) is 16.4. The largest absolute Gasteiger partial charge is 0.463 e. The highest BCUT2D eigenvalue weighted by Crippen LogP contribution is 2.14. The van der Waals surface area contributed by atoms with Gasteiger partial charge in [-0.25, -0.2) is 4.79 Å². The van der Waals surface area contributed by atoms with Gasteiger partial charge in [-0.3, -0.25) is 14.9 Å². The van der Waals surface area contributed by atoms with Gasteiger partial charge in [-0.2, -0.15) is 0 Å². The number of cyclic esters (lactones) is 1. The van der Waals surface area contributed by atoms with Crippen LogP contribution in [0.15, 0.2) is 4.99 Å². The van der Waals surface area contributed by atoms with Crippen LogP contribution in [0.25, 0.3) is 0 Å². The van der Waals surface area contributed by atoms with Crippen LogP contribution in [0.5, 0.6) is 0 Å². The van der Waals surface area contributed by atoms with Gasteiger partial charge in [-0.1, -0.05) is 32.6 Å². The average molecular weight is 358 g/mol. The van der Waals surface area contributed by atoms with Crippen molar-refractivity contribution >= 4 is 23.9 Å². The number of guanidine groups is 1. The predicted octanol–water partition coefficient (Wildman–Crippen LogP) is 2.52. The molecule has 0 spiro atoms. The van der Waals surface area contributed by atoms with Crippen molar-refractivity contribution in [1.82, 2.24) is 10.2 Å². The molecule has 0 radical (unpaired) electrons. The first-order valence-electron chi connectivity index (χ1n) is 10.2. The molecule has 1 rings (SSSR count). The maximum Gasteiger partial charge on any atom is 0.434 e. The van der Waals surface area contributed by atoms with Crippen LogP contribution < -0.4 is 5.32 Å². The lowest BCUT2D eigenvalue weighted by Crippen LogP contribution is -2.45. The molecule has 1 aliphatic rings. The summed E-state index contributed by atoms with van der Waals surface area (Å²) in [6, 6.07) is 0. The number of esters is 1. The van der Waals surface area contributed by atoms with Gasteiger partial charge >= 0.3 is 12.1 Å². The Bertz CT molecular complexity index is 581. The minimum absolute atomic E-state index is 0.107. The molecule has 0 aromatic carbocycles. The number of rotatable bonds is 1. The molecule has 1 aliphatic heterocycles. The van der Waals surface area contributed by atoms with Crippen molar-refractivity contribution in [2.24, 2.45) is 4.99 Å². The van der Waals surface area contributed by atoms with Crippen LogP contribution in [0, 0.1) is 0 Å². The summed E-state index contributed by atoms with van der Waals surface area (Å²) in [6.07, 6.45) is 4.66. The number of hydrogen-bond donors (Lipinski definition) is 2. The molecule has 1 heterocycles. The molecule has 8 heteroatoms. The van der Waals surface area contributed by atoms with E-state index in [2.05, 4.69) is 10.3 Å². The van der Waals surface area contributed by atoms with E-state index in [4.69, 9.17) is 14.0 Å². The summed E-state index contributed by atoms with van der Waals surface area (Å²) in [6.45, 7) is -1.78. The summed E-state index contributed by atoms with van der Waals surface area (Å²) in [4.78, 5) is 39.1. The van der Waals surface area contributed by atoms with E-state index < -0.39 is 37.4 Å². The molecule has 0 aromatic rings. The SMILES string of the molecule is [2H]C([2H])([2H])N1CC(=O)OC(CC)CCCCCCCCC(=O)NC1=NC(=O)O. The molecule has 1 fully saturated rings. The zero-order valence-electron chi connectivity index (χ0n) is 17.6. The number of aliphatic imine (C=N–C) groups is 1. The summed E-state index contributed by atoms with van der Waals surface area (Å²) in [7, 11) is 0. The molecule has 1 unspecified atom stereocenters. The van der Waals surface area contributed by atoms with Crippen LogP contribution in [0.2, 0.25) is 0 Å². The van der Waals surface area contributed by atoms with Gasteiger partial charge in [-0.15, -0.1) is 4.99 Å². The Morgan fingerprint density at radius 1 is 1.32 bits per heavy atom. The van der Waals surface area contributed by atoms with Crippen molar-refractivity contribution in [3.05, 3.63) is 0 Å². The number of ether oxygens (including phenoxy) is 1. The fraction of sp³-hybridized carbons (Fsp3) is 0.765. The van der Waals surface area contributed by atoms with Gasteiger partial charge < -0.3 is 14.7 Å². The first-order valence-corrected chi connectivity index (χ1v) is 8.72. The van der Waals surface area contributed by atoms with Crippen LogP contribution in [0.1, 0.15) is 68.8 Å². The van der Waals surface area contributed by atoms with E-state index >= 15 is 0 Å². The van der Waals surface area contributed by atoms with E-state index in [9.17, 15) is 14.4 Å². The minimum atomic E-state index is -2.90. The Balaban J connectivity index is 3.09. The van der Waals surface area contributed by atoms with Crippen molar-refractivity contribution in [2.45, 2.75) is 70.8 Å². The zero-order chi connectivity index (χ0) is 21.2. The van der Waals surface area contributed by atoms with Crippen LogP contribution in [-0.4, -0.2) is 53.6 Å². The lowest BCUT2D eigenvalue weighted by atomic mass is 10.0. The highest BCUT2D eigenvalue weighted by Gasteiger charge is 2.19. The molecule has 2 N–H and O–H groups in total. The van der Waals surface area contributed by atoms with Gasteiger partial charge in [0.05, 0.1) is 0 Å². The molecular weight excluding hydrogens is 326 g/mol. The Morgan fingerprint density at radius 2 is 2.00 bits per heavy atom. The van der Waals surface area contributed by atoms with Gasteiger partial charge in [-0.05, 0) is 25.7 Å². The van der Waals surface area contributed by atoms with Crippen molar-refractivity contribution < 1.29 is 28.3 Å². The summed E-state index contributed by atoms with van der Waals surface area (Å²) in [5, 5.41) is 11.2. The van der Waals surface area contributed by atoms with E-state index in [0.717, 1.165) is 32.1 Å². The van der Waals surface area contributed by atoms with E-state index in [1.165, 1.54) is 0 Å². The quantitative estimate of drug-likeness (QED) is 0.697. The van der Waals surface area contributed by atoms with E-state index in [1.807, 2.05) is 6.92 Å². The smallest absolute Gasteiger partial charge is 0.434 e. The third-order valence-electron chi connectivity index (χ3n) is 3.93. The van der Waals surface area contributed by atoms with E-state index in [0.29, 0.717) is 24.2 Å². The van der Waals surface area contributed by atoms with Crippen molar-refractivity contribution in [1.29, 1.82) is 0 Å². The second-order valence-electron chi connectivity index (χ2n) is 6.03. The maximum absolute atomic E-state index is 12.3. The second kappa shape index (κ2) is 11.4. The topological polar surface area (TPSA) is 108 Å². The van der Waals surface area contributed by atoms with Crippen LogP contribution >= 0.6 is 0 Å². The highest BCUT2D eigenvalue weighted by molar-refractivity contribution is 6.01. The van der Waals surface area contributed by atoms with E-state index in [1.54, 1.807) is 0 Å². The zero-order valence-corrected chi connectivity index (χ0v) is 14.6. The van der Waals surface area contributed by atoms with E-state index in [-0.39, 0.29) is 12.5 Å². The fourth-order valence-electron chi connectivity index (χ4n) is 2.57. The third-order valence-corrected chi connectivity index (χ3v) is 3.93. The fourth-order valence-corrected chi connectivity index (χ4v) is 2.57. The molecular formula is C17H29N3O5. The molecule has 1 saturated heterocycles. The number of carboxylic acid groups (broad SMARTS) is 1. The highest BCUT2D eigenvalue weighted by atomic mass is 16.5. The summed E-state index contributed by atoms with van der Waals surface area (Å²) in [5.74, 6) is -2.07. The minimum Gasteiger partial charge on any atom is -0.463 e. The standard InChI is InChI=1S/C17H29N3O5/c1-3-13-10-8-6-4-5-7-9-11-14(21)18-16(19-17(23)24)20(2)12-15(22)25-13/h13H,3-12H2,1-2H3,(H,23,24)(H,18,19,21)/i2D3. The summed E-state index contributed by atoms with van der Waals surface area (Å²) >= 11 is 0. The number of amides is 2. The number of carbonyl (C=O) groups excluding carboxylic acids is 2. The normalized spacial score (nSPS) is 26.1. The third kappa shape index (κ3) is 9.07. The van der Waals surface area contributed by atoms with Gasteiger partial charge in [0.2, 0.25) is 11.9 Å². The molecule has 0 saturated carbocycles. The Hall–Kier alpha value is -2.12. The lowest BCUT2D eigenvalue weighted by Gasteiger charge is -2.22. The molecule has 1 atom stereocenters. The van der Waals surface area contributed by atoms with Crippen LogP contribution in [0.4, 0.5) is 4.79 Å². The van der Waals surface area contributed by atoms with Crippen LogP contribution in [0.3, 0.4) is 0 Å². The maximum atomic E-state index is 12.3. The predicted molar refractivity (Wildman–Crippen MR) is 93.3 cm³/mol. The Morgan fingerprint density at radius 3 is 2.64 bits per heavy atom. The van der Waals surface area contributed by atoms with Gasteiger partial charge in [0.15, 0.2) is 0 Å². The number of nitrogens with zero attached hydrogens (tertiary/aromatic N) is 2. The number of likely N-dealkylation sites (N-methyl/N-ethyl adjacent to an activating group) is 1. The number of nitrogens with one attached hydrogen (secondary N) is 1. The summed E-state index contributed by atoms with van der Waals surface area (Å²) < 4.78 is 28.2. The van der Waals surface area contributed by atoms with Gasteiger partial charge in [0.25, 0.3) is 0 Å². The molecule has 2 amide bonds. The monoisotopic (exact) mass is 358 g/mol. The average Bonchev–Trinajstić information content (AvgIpc) is 2.58. The molecule has 0 bridgehead atoms. The van der Waals surface area contributed by atoms with Crippen molar-refractivity contribution in [2.75, 3.05) is 13.5 Å². The summed E-state index contributed by atoms with van der Waals surface area (Å²) in [5.41, 5.74) is 0. The Kier molecular flexibility index (Phi) is 7.48. The first-order chi connectivity index (χ1) is 13.1. The molecule has 0 aromatic heterocycles. The molecule has 25 heavy (non-hydrogen) atoms. The molecule has 142 valence electrons.